The molecule has 0 N–H and O–H groups in total. The van der Waals surface area contributed by atoms with E-state index < -0.39 is 0 Å². The Balaban J connectivity index is 1.78. The van der Waals surface area contributed by atoms with E-state index in [1.165, 1.54) is 41.6 Å². The molecule has 0 aromatic heterocycles. The molecule has 0 bridgehead atoms. The highest BCUT2D eigenvalue weighted by Crippen LogP contribution is 2.38. The summed E-state index contributed by atoms with van der Waals surface area (Å²) in [6.07, 6.45) is 4.91. The second-order valence-corrected chi connectivity index (χ2v) is 6.35. The van der Waals surface area contributed by atoms with E-state index >= 15 is 0 Å². The highest BCUT2D eigenvalue weighted by Gasteiger charge is 2.18. The van der Waals surface area contributed by atoms with E-state index in [1.54, 1.807) is 7.11 Å². The molecule has 0 saturated carbocycles. The number of nitrogens with zero attached hydrogens (tertiary/aromatic N) is 1. The van der Waals surface area contributed by atoms with E-state index in [4.69, 9.17) is 9.47 Å². The third-order valence-corrected chi connectivity index (χ3v) is 4.90. The van der Waals surface area contributed by atoms with E-state index in [0.29, 0.717) is 0 Å². The molecule has 4 rings (SSSR count). The molecule has 1 saturated heterocycles. The standard InChI is InChI=1S/C20H23NO2/c1-22-17-6-7-19(21-10-3-2-4-11-21)18(14-17)15-5-8-20-16(13-15)9-12-23-20/h5-8,13-14H,2-4,9-12H2,1H3. The minimum Gasteiger partial charge on any atom is -0.497 e. The van der Waals surface area contributed by atoms with Crippen molar-refractivity contribution in [1.29, 1.82) is 0 Å². The average molecular weight is 309 g/mol. The lowest BCUT2D eigenvalue weighted by Crippen LogP contribution is -2.29. The molecule has 0 spiro atoms. The highest BCUT2D eigenvalue weighted by atomic mass is 16.5. The fraction of sp³-hybridized carbons (Fsp3) is 0.400. The van der Waals surface area contributed by atoms with Crippen molar-refractivity contribution < 1.29 is 9.47 Å². The predicted molar refractivity (Wildman–Crippen MR) is 93.7 cm³/mol. The second-order valence-electron chi connectivity index (χ2n) is 6.35. The van der Waals surface area contributed by atoms with Gasteiger partial charge in [0.25, 0.3) is 0 Å². The number of ether oxygens (including phenoxy) is 2. The number of hydrogen-bond acceptors (Lipinski definition) is 3. The molecule has 2 aromatic rings. The molecular formula is C20H23NO2. The van der Waals surface area contributed by atoms with Gasteiger partial charge in [0.2, 0.25) is 0 Å². The van der Waals surface area contributed by atoms with E-state index in [-0.39, 0.29) is 0 Å². The first-order valence-corrected chi connectivity index (χ1v) is 8.54. The van der Waals surface area contributed by atoms with Crippen molar-refractivity contribution >= 4 is 5.69 Å². The summed E-state index contributed by atoms with van der Waals surface area (Å²) >= 11 is 0. The van der Waals surface area contributed by atoms with Crippen molar-refractivity contribution in [2.45, 2.75) is 25.7 Å². The smallest absolute Gasteiger partial charge is 0.122 e. The molecular weight excluding hydrogens is 286 g/mol. The van der Waals surface area contributed by atoms with Gasteiger partial charge in [-0.05, 0) is 60.7 Å². The van der Waals surface area contributed by atoms with Crippen LogP contribution in [0.5, 0.6) is 11.5 Å². The molecule has 0 amide bonds. The van der Waals surface area contributed by atoms with Gasteiger partial charge in [-0.15, -0.1) is 0 Å². The van der Waals surface area contributed by atoms with Crippen LogP contribution >= 0.6 is 0 Å². The molecule has 3 heteroatoms. The summed E-state index contributed by atoms with van der Waals surface area (Å²) in [6, 6.07) is 13.0. The van der Waals surface area contributed by atoms with Crippen LogP contribution in [0.15, 0.2) is 36.4 Å². The molecule has 0 unspecified atom stereocenters. The van der Waals surface area contributed by atoms with E-state index in [0.717, 1.165) is 37.6 Å². The maximum atomic E-state index is 5.65. The van der Waals surface area contributed by atoms with Crippen molar-refractivity contribution in [1.82, 2.24) is 0 Å². The Kier molecular flexibility index (Phi) is 3.86. The molecule has 23 heavy (non-hydrogen) atoms. The molecule has 3 nitrogen and oxygen atoms in total. The van der Waals surface area contributed by atoms with Crippen LogP contribution in [-0.4, -0.2) is 26.8 Å². The number of piperidine rings is 1. The van der Waals surface area contributed by atoms with Crippen LogP contribution in [0.4, 0.5) is 5.69 Å². The molecule has 0 aliphatic carbocycles. The largest absolute Gasteiger partial charge is 0.497 e. The predicted octanol–water partition coefficient (Wildman–Crippen LogP) is 4.29. The quantitative estimate of drug-likeness (QED) is 0.844. The fourth-order valence-corrected chi connectivity index (χ4v) is 3.64. The minimum absolute atomic E-state index is 0.801. The summed E-state index contributed by atoms with van der Waals surface area (Å²) in [5.74, 6) is 1.95. The lowest BCUT2D eigenvalue weighted by molar-refractivity contribution is 0.357. The lowest BCUT2D eigenvalue weighted by Gasteiger charge is -2.31. The van der Waals surface area contributed by atoms with Crippen LogP contribution in [0.25, 0.3) is 11.1 Å². The van der Waals surface area contributed by atoms with Gasteiger partial charge in [0.15, 0.2) is 0 Å². The Labute approximate surface area is 137 Å². The first-order chi connectivity index (χ1) is 11.3. The lowest BCUT2D eigenvalue weighted by atomic mass is 9.98. The van der Waals surface area contributed by atoms with Gasteiger partial charge in [0.1, 0.15) is 11.5 Å². The Morgan fingerprint density at radius 3 is 2.70 bits per heavy atom. The van der Waals surface area contributed by atoms with E-state index in [2.05, 4.69) is 41.3 Å². The van der Waals surface area contributed by atoms with Crippen molar-refractivity contribution in [2.75, 3.05) is 31.7 Å². The van der Waals surface area contributed by atoms with Crippen molar-refractivity contribution in [2.24, 2.45) is 0 Å². The average Bonchev–Trinajstić information content (AvgIpc) is 3.09. The molecule has 2 aliphatic rings. The maximum absolute atomic E-state index is 5.65. The van der Waals surface area contributed by atoms with Gasteiger partial charge in [0.05, 0.1) is 13.7 Å². The first kappa shape index (κ1) is 14.4. The van der Waals surface area contributed by atoms with Gasteiger partial charge >= 0.3 is 0 Å². The van der Waals surface area contributed by atoms with E-state index in [9.17, 15) is 0 Å². The van der Waals surface area contributed by atoms with Crippen molar-refractivity contribution in [3.63, 3.8) is 0 Å². The summed E-state index contributed by atoms with van der Waals surface area (Å²) < 4.78 is 11.1. The van der Waals surface area contributed by atoms with Gasteiger partial charge in [-0.25, -0.2) is 0 Å². The van der Waals surface area contributed by atoms with Crippen molar-refractivity contribution in [3.8, 4) is 22.6 Å². The number of benzene rings is 2. The number of methoxy groups -OCH3 is 1. The number of rotatable bonds is 3. The minimum atomic E-state index is 0.801. The van der Waals surface area contributed by atoms with Crippen LogP contribution in [0.2, 0.25) is 0 Å². The van der Waals surface area contributed by atoms with E-state index in [1.807, 2.05) is 0 Å². The molecule has 120 valence electrons. The van der Waals surface area contributed by atoms with Gasteiger partial charge in [-0.3, -0.25) is 0 Å². The first-order valence-electron chi connectivity index (χ1n) is 8.54. The Morgan fingerprint density at radius 2 is 1.87 bits per heavy atom. The zero-order chi connectivity index (χ0) is 15.6. The summed E-state index contributed by atoms with van der Waals surface area (Å²) in [7, 11) is 1.73. The molecule has 2 aromatic carbocycles. The van der Waals surface area contributed by atoms with Crippen molar-refractivity contribution in [3.05, 3.63) is 42.0 Å². The third-order valence-electron chi connectivity index (χ3n) is 4.90. The van der Waals surface area contributed by atoms with Gasteiger partial charge in [-0.1, -0.05) is 6.07 Å². The van der Waals surface area contributed by atoms with Gasteiger partial charge in [-0.2, -0.15) is 0 Å². The Hall–Kier alpha value is -2.16. The second kappa shape index (κ2) is 6.15. The van der Waals surface area contributed by atoms with Gasteiger partial charge < -0.3 is 14.4 Å². The Morgan fingerprint density at radius 1 is 1.00 bits per heavy atom. The highest BCUT2D eigenvalue weighted by molar-refractivity contribution is 5.81. The number of hydrogen-bond donors (Lipinski definition) is 0. The molecule has 1 fully saturated rings. The zero-order valence-electron chi connectivity index (χ0n) is 13.7. The molecule has 2 aliphatic heterocycles. The summed E-state index contributed by atoms with van der Waals surface area (Å²) in [5.41, 5.74) is 5.16. The summed E-state index contributed by atoms with van der Waals surface area (Å²) in [6.45, 7) is 3.09. The SMILES string of the molecule is COc1ccc(N2CCCCC2)c(-c2ccc3c(c2)CCO3)c1. The molecule has 2 heterocycles. The van der Waals surface area contributed by atoms with Crippen LogP contribution < -0.4 is 14.4 Å². The molecule has 0 atom stereocenters. The molecule has 0 radical (unpaired) electrons. The van der Waals surface area contributed by atoms with Gasteiger partial charge in [0, 0.05) is 30.8 Å². The normalized spacial score (nSPS) is 16.8. The monoisotopic (exact) mass is 309 g/mol. The topological polar surface area (TPSA) is 21.7 Å². The Bertz CT molecular complexity index is 705. The summed E-state index contributed by atoms with van der Waals surface area (Å²) in [5, 5.41) is 0. The zero-order valence-corrected chi connectivity index (χ0v) is 13.7. The number of anilines is 1. The third kappa shape index (κ3) is 2.76. The fourth-order valence-electron chi connectivity index (χ4n) is 3.64. The van der Waals surface area contributed by atoms with Crippen LogP contribution in [-0.2, 0) is 6.42 Å². The van der Waals surface area contributed by atoms with Crippen LogP contribution in [0.3, 0.4) is 0 Å². The van der Waals surface area contributed by atoms with Crippen LogP contribution in [0.1, 0.15) is 24.8 Å². The number of fused-ring (bicyclic) bond motifs is 1. The van der Waals surface area contributed by atoms with Crippen LogP contribution in [0, 0.1) is 0 Å². The summed E-state index contributed by atoms with van der Waals surface area (Å²) in [4.78, 5) is 2.52. The maximum Gasteiger partial charge on any atom is 0.122 e.